The summed E-state index contributed by atoms with van der Waals surface area (Å²) in [6.07, 6.45) is 4.24. The molecule has 1 saturated heterocycles. The third-order valence-electron chi connectivity index (χ3n) is 4.89. The fourth-order valence-corrected chi connectivity index (χ4v) is 3.65. The molecule has 1 atom stereocenters. The standard InChI is InChI=1S/C21H28FN5S/c1-15-5-4-12-27(14-15)19-13-16(2)24-20(25-19)26-21(28)23-11-3-6-17-7-9-18(22)10-8-17/h7-10,13,15H,3-6,11-12,14H2,1-2H3,(H2,23,24,25,26,28)/t15-/m0/s1. The van der Waals surface area contributed by atoms with Crippen LogP contribution in [-0.4, -0.2) is 34.7 Å². The Morgan fingerprint density at radius 2 is 2.07 bits per heavy atom. The second kappa shape index (κ2) is 9.78. The Kier molecular flexibility index (Phi) is 7.14. The average Bonchev–Trinajstić information content (AvgIpc) is 2.66. The van der Waals surface area contributed by atoms with Gasteiger partial charge in [0.15, 0.2) is 5.11 Å². The van der Waals surface area contributed by atoms with Gasteiger partial charge in [-0.25, -0.2) is 9.37 Å². The largest absolute Gasteiger partial charge is 0.362 e. The van der Waals surface area contributed by atoms with Crippen LogP contribution in [0.15, 0.2) is 30.3 Å². The lowest BCUT2D eigenvalue weighted by Crippen LogP contribution is -2.35. The van der Waals surface area contributed by atoms with Gasteiger partial charge in [0.1, 0.15) is 11.6 Å². The van der Waals surface area contributed by atoms with E-state index >= 15 is 0 Å². The van der Waals surface area contributed by atoms with Gasteiger partial charge in [0, 0.05) is 31.4 Å². The Labute approximate surface area is 171 Å². The van der Waals surface area contributed by atoms with E-state index in [0.717, 1.165) is 49.6 Å². The predicted octanol–water partition coefficient (Wildman–Crippen LogP) is 4.08. The third kappa shape index (κ3) is 6.12. The molecule has 150 valence electrons. The first kappa shape index (κ1) is 20.5. The van der Waals surface area contributed by atoms with E-state index < -0.39 is 0 Å². The molecule has 3 rings (SSSR count). The molecule has 1 fully saturated rings. The molecule has 0 aliphatic carbocycles. The summed E-state index contributed by atoms with van der Waals surface area (Å²) in [5.41, 5.74) is 2.04. The lowest BCUT2D eigenvalue weighted by atomic mass is 10.0. The molecule has 0 bridgehead atoms. The number of aromatic nitrogens is 2. The lowest BCUT2D eigenvalue weighted by molar-refractivity contribution is 0.444. The zero-order valence-electron chi connectivity index (χ0n) is 16.5. The molecule has 0 spiro atoms. The third-order valence-corrected chi connectivity index (χ3v) is 5.13. The summed E-state index contributed by atoms with van der Waals surface area (Å²) in [4.78, 5) is 11.4. The average molecular weight is 402 g/mol. The maximum atomic E-state index is 12.9. The van der Waals surface area contributed by atoms with Crippen LogP contribution in [0.4, 0.5) is 16.2 Å². The predicted molar refractivity (Wildman–Crippen MR) is 116 cm³/mol. The van der Waals surface area contributed by atoms with Gasteiger partial charge in [-0.1, -0.05) is 19.1 Å². The SMILES string of the molecule is Cc1cc(N2CCC[C@H](C)C2)nc(NC(=S)NCCCc2ccc(F)cc2)n1. The molecule has 5 nitrogen and oxygen atoms in total. The van der Waals surface area contributed by atoms with Gasteiger partial charge in [0.05, 0.1) is 0 Å². The number of rotatable bonds is 6. The molecule has 1 aromatic carbocycles. The molecule has 7 heteroatoms. The summed E-state index contributed by atoms with van der Waals surface area (Å²) in [5.74, 6) is 1.97. The molecule has 0 radical (unpaired) electrons. The second-order valence-corrected chi connectivity index (χ2v) is 7.90. The number of thiocarbonyl (C=S) groups is 1. The molecule has 2 aromatic rings. The number of anilines is 2. The van der Waals surface area contributed by atoms with Gasteiger partial charge in [-0.15, -0.1) is 0 Å². The van der Waals surface area contributed by atoms with Gasteiger partial charge in [0.2, 0.25) is 5.95 Å². The highest BCUT2D eigenvalue weighted by Gasteiger charge is 2.18. The van der Waals surface area contributed by atoms with Crippen molar-refractivity contribution >= 4 is 29.1 Å². The van der Waals surface area contributed by atoms with Crippen molar-refractivity contribution in [3.63, 3.8) is 0 Å². The molecule has 1 aliphatic rings. The fraction of sp³-hybridized carbons (Fsp3) is 0.476. The smallest absolute Gasteiger partial charge is 0.231 e. The van der Waals surface area contributed by atoms with Crippen molar-refractivity contribution in [2.24, 2.45) is 5.92 Å². The summed E-state index contributed by atoms with van der Waals surface area (Å²) in [5, 5.41) is 6.81. The molecule has 1 aliphatic heterocycles. The number of hydrogen-bond donors (Lipinski definition) is 2. The maximum absolute atomic E-state index is 12.9. The molecular weight excluding hydrogens is 373 g/mol. The van der Waals surface area contributed by atoms with Crippen molar-refractivity contribution in [2.45, 2.75) is 39.5 Å². The number of piperidine rings is 1. The zero-order valence-corrected chi connectivity index (χ0v) is 17.4. The number of hydrogen-bond acceptors (Lipinski definition) is 4. The van der Waals surface area contributed by atoms with Crippen LogP contribution in [0.25, 0.3) is 0 Å². The lowest BCUT2D eigenvalue weighted by Gasteiger charge is -2.32. The van der Waals surface area contributed by atoms with Crippen LogP contribution in [0.5, 0.6) is 0 Å². The molecule has 0 saturated carbocycles. The molecule has 2 heterocycles. The molecule has 0 unspecified atom stereocenters. The molecule has 0 amide bonds. The quantitative estimate of drug-likeness (QED) is 0.562. The normalized spacial score (nSPS) is 16.7. The number of benzene rings is 1. The van der Waals surface area contributed by atoms with Crippen molar-refractivity contribution in [2.75, 3.05) is 29.9 Å². The van der Waals surface area contributed by atoms with Crippen LogP contribution < -0.4 is 15.5 Å². The Morgan fingerprint density at radius 1 is 1.29 bits per heavy atom. The van der Waals surface area contributed by atoms with Crippen LogP contribution in [0.3, 0.4) is 0 Å². The number of aryl methyl sites for hydroxylation is 2. The van der Waals surface area contributed by atoms with E-state index in [1.165, 1.54) is 25.0 Å². The fourth-order valence-electron chi connectivity index (χ4n) is 3.46. The molecule has 28 heavy (non-hydrogen) atoms. The van der Waals surface area contributed by atoms with E-state index in [-0.39, 0.29) is 5.82 Å². The van der Waals surface area contributed by atoms with Crippen molar-refractivity contribution in [1.29, 1.82) is 0 Å². The minimum atomic E-state index is -0.205. The summed E-state index contributed by atoms with van der Waals surface area (Å²) < 4.78 is 12.9. The van der Waals surface area contributed by atoms with E-state index in [2.05, 4.69) is 32.4 Å². The van der Waals surface area contributed by atoms with Gasteiger partial charge >= 0.3 is 0 Å². The number of nitrogens with zero attached hydrogens (tertiary/aromatic N) is 3. The highest BCUT2D eigenvalue weighted by atomic mass is 32.1. The van der Waals surface area contributed by atoms with E-state index in [0.29, 0.717) is 17.0 Å². The Morgan fingerprint density at radius 3 is 2.82 bits per heavy atom. The van der Waals surface area contributed by atoms with Crippen LogP contribution in [-0.2, 0) is 6.42 Å². The van der Waals surface area contributed by atoms with Crippen molar-refractivity contribution in [1.82, 2.24) is 15.3 Å². The first-order chi connectivity index (χ1) is 13.5. The van der Waals surface area contributed by atoms with E-state index in [4.69, 9.17) is 12.2 Å². The van der Waals surface area contributed by atoms with Crippen LogP contribution in [0.1, 0.15) is 37.4 Å². The zero-order chi connectivity index (χ0) is 19.9. The van der Waals surface area contributed by atoms with E-state index in [1.54, 1.807) is 0 Å². The number of nitrogens with one attached hydrogen (secondary N) is 2. The van der Waals surface area contributed by atoms with Crippen molar-refractivity contribution < 1.29 is 4.39 Å². The Bertz CT molecular complexity index is 796. The highest BCUT2D eigenvalue weighted by molar-refractivity contribution is 7.80. The van der Waals surface area contributed by atoms with Gasteiger partial charge in [-0.05, 0) is 68.4 Å². The van der Waals surface area contributed by atoms with Gasteiger partial charge in [-0.2, -0.15) is 4.98 Å². The monoisotopic (exact) mass is 401 g/mol. The first-order valence-electron chi connectivity index (χ1n) is 9.89. The molecule has 1 aromatic heterocycles. The highest BCUT2D eigenvalue weighted by Crippen LogP contribution is 2.22. The van der Waals surface area contributed by atoms with Gasteiger partial charge < -0.3 is 15.5 Å². The van der Waals surface area contributed by atoms with Gasteiger partial charge in [0.25, 0.3) is 0 Å². The van der Waals surface area contributed by atoms with Crippen molar-refractivity contribution in [3.8, 4) is 0 Å². The van der Waals surface area contributed by atoms with Crippen LogP contribution in [0, 0.1) is 18.7 Å². The maximum Gasteiger partial charge on any atom is 0.231 e. The van der Waals surface area contributed by atoms with Gasteiger partial charge in [-0.3, -0.25) is 0 Å². The van der Waals surface area contributed by atoms with Crippen molar-refractivity contribution in [3.05, 3.63) is 47.4 Å². The topological polar surface area (TPSA) is 53.1 Å². The van der Waals surface area contributed by atoms with E-state index in [1.807, 2.05) is 25.1 Å². The summed E-state index contributed by atoms with van der Waals surface area (Å²) in [7, 11) is 0. The molecular formula is C21H28FN5S. The van der Waals surface area contributed by atoms with Crippen LogP contribution >= 0.6 is 12.2 Å². The second-order valence-electron chi connectivity index (χ2n) is 7.50. The Hall–Kier alpha value is -2.28. The summed E-state index contributed by atoms with van der Waals surface area (Å²) in [6, 6.07) is 8.64. The number of halogens is 1. The summed E-state index contributed by atoms with van der Waals surface area (Å²) >= 11 is 5.38. The molecule has 2 N–H and O–H groups in total. The first-order valence-corrected chi connectivity index (χ1v) is 10.3. The van der Waals surface area contributed by atoms with Crippen LogP contribution in [0.2, 0.25) is 0 Å². The van der Waals surface area contributed by atoms with E-state index in [9.17, 15) is 4.39 Å². The minimum absolute atomic E-state index is 0.205. The Balaban J connectivity index is 1.48. The minimum Gasteiger partial charge on any atom is -0.362 e. The summed E-state index contributed by atoms with van der Waals surface area (Å²) in [6.45, 7) is 7.05.